The van der Waals surface area contributed by atoms with E-state index in [9.17, 15) is 0 Å². The number of allylic oxidation sites excluding steroid dienone is 1. The molecule has 0 aromatic heterocycles. The first-order valence-corrected chi connectivity index (χ1v) is 3.96. The Morgan fingerprint density at radius 3 is 2.71 bits per heavy atom. The van der Waals surface area contributed by atoms with Gasteiger partial charge in [-0.15, -0.1) is 0 Å². The van der Waals surface area contributed by atoms with E-state index in [-0.39, 0.29) is 3.12 Å². The largest absolute Gasteiger partial charge is 0.151 e. The van der Waals surface area contributed by atoms with Crippen LogP contribution in [0, 0.1) is 0 Å². The van der Waals surface area contributed by atoms with Crippen molar-refractivity contribution in [3.63, 3.8) is 0 Å². The first kappa shape index (κ1) is 5.99. The van der Waals surface area contributed by atoms with Gasteiger partial charge in [-0.05, 0) is 5.41 Å². The van der Waals surface area contributed by atoms with Crippen LogP contribution in [0.25, 0.3) is 0 Å². The van der Waals surface area contributed by atoms with E-state index in [0.29, 0.717) is 0 Å². The maximum atomic E-state index is 5.78. The monoisotopic (exact) mass is 198 g/mol. The Kier molecular flexibility index (Phi) is 1.71. The van der Waals surface area contributed by atoms with E-state index < -0.39 is 0 Å². The third-order valence-corrected chi connectivity index (χ3v) is 2.84. The van der Waals surface area contributed by atoms with Crippen LogP contribution < -0.4 is 0 Å². The zero-order chi connectivity index (χ0) is 5.33. The molecule has 0 nitrogen and oxygen atoms in total. The quantitative estimate of drug-likeness (QED) is 0.541. The molecule has 1 aliphatic heterocycles. The zero-order valence-electron chi connectivity index (χ0n) is 3.53. The van der Waals surface area contributed by atoms with Crippen LogP contribution in [-0.2, 0) is 0 Å². The number of halogens is 2. The summed E-state index contributed by atoms with van der Waals surface area (Å²) in [7, 11) is 0. The highest BCUT2D eigenvalue weighted by molar-refractivity contribution is 9.12. The van der Waals surface area contributed by atoms with Crippen LogP contribution in [0.5, 0.6) is 0 Å². The molecular formula is C4H4BrClS. The summed E-state index contributed by atoms with van der Waals surface area (Å²) in [5.74, 6) is 0. The average molecular weight is 200 g/mol. The van der Waals surface area contributed by atoms with Gasteiger partial charge in [-0.2, -0.15) is 0 Å². The predicted molar refractivity (Wildman–Crippen MR) is 38.9 cm³/mol. The topological polar surface area (TPSA) is 0 Å². The second-order valence-corrected chi connectivity index (χ2v) is 5.74. The molecule has 0 bridgehead atoms. The Balaban J connectivity index is 2.49. The first-order chi connectivity index (χ1) is 3.21. The summed E-state index contributed by atoms with van der Waals surface area (Å²) in [6, 6.07) is 0. The van der Waals surface area contributed by atoms with E-state index in [2.05, 4.69) is 15.9 Å². The normalized spacial score (nSPS) is 39.7. The Morgan fingerprint density at radius 2 is 2.57 bits per heavy atom. The van der Waals surface area contributed by atoms with Crippen LogP contribution in [0.15, 0.2) is 11.5 Å². The molecule has 0 saturated heterocycles. The molecule has 0 saturated carbocycles. The fourth-order valence-corrected chi connectivity index (χ4v) is 1.72. The molecule has 0 aromatic carbocycles. The lowest BCUT2D eigenvalue weighted by molar-refractivity contribution is 1.15. The lowest BCUT2D eigenvalue weighted by Crippen LogP contribution is -1.96. The Morgan fingerprint density at radius 1 is 1.86 bits per heavy atom. The minimum Gasteiger partial charge on any atom is -0.0996 e. The van der Waals surface area contributed by atoms with Crippen LogP contribution >= 0.6 is 39.3 Å². The van der Waals surface area contributed by atoms with Gasteiger partial charge < -0.3 is 0 Å². The van der Waals surface area contributed by atoms with E-state index in [4.69, 9.17) is 11.6 Å². The number of alkyl halides is 2. The molecule has 0 spiro atoms. The Hall–Kier alpha value is 0.860. The second-order valence-electron chi connectivity index (χ2n) is 1.33. The van der Waals surface area contributed by atoms with E-state index in [1.54, 1.807) is 11.8 Å². The molecule has 1 heterocycles. The van der Waals surface area contributed by atoms with Crippen LogP contribution in [-0.4, -0.2) is 3.12 Å². The first-order valence-electron chi connectivity index (χ1n) is 1.91. The minimum atomic E-state index is -0.215. The van der Waals surface area contributed by atoms with Gasteiger partial charge in [0.1, 0.15) is 0 Å². The van der Waals surface area contributed by atoms with Crippen molar-refractivity contribution in [2.75, 3.05) is 0 Å². The van der Waals surface area contributed by atoms with Crippen LogP contribution in [0.4, 0.5) is 0 Å². The van der Waals surface area contributed by atoms with Crippen molar-refractivity contribution < 1.29 is 0 Å². The summed E-state index contributed by atoms with van der Waals surface area (Å²) in [5, 5.41) is 2.00. The molecule has 0 radical (unpaired) electrons. The van der Waals surface area contributed by atoms with Gasteiger partial charge in [-0.3, -0.25) is 0 Å². The molecule has 40 valence electrons. The summed E-state index contributed by atoms with van der Waals surface area (Å²) in [4.78, 5) is 0. The molecule has 0 amide bonds. The van der Waals surface area contributed by atoms with Crippen LogP contribution in [0.1, 0.15) is 6.42 Å². The average Bonchev–Trinajstić information content (AvgIpc) is 1.84. The lowest BCUT2D eigenvalue weighted by atomic mass is 10.5. The molecule has 0 aliphatic carbocycles. The highest BCUT2D eigenvalue weighted by Crippen LogP contribution is 2.45. The van der Waals surface area contributed by atoms with Crippen molar-refractivity contribution in [2.45, 2.75) is 9.54 Å². The van der Waals surface area contributed by atoms with Crippen molar-refractivity contribution in [3.8, 4) is 0 Å². The van der Waals surface area contributed by atoms with Crippen molar-refractivity contribution in [3.05, 3.63) is 11.5 Å². The predicted octanol–water partition coefficient (Wildman–Crippen LogP) is 2.92. The van der Waals surface area contributed by atoms with E-state index in [1.807, 2.05) is 11.5 Å². The second kappa shape index (κ2) is 2.00. The Labute approximate surface area is 60.4 Å². The highest BCUT2D eigenvalue weighted by atomic mass is 79.9. The summed E-state index contributed by atoms with van der Waals surface area (Å²) >= 11 is 10.7. The SMILES string of the molecule is ClC1(Br)CC=CS1. The number of hydrogen-bond donors (Lipinski definition) is 0. The van der Waals surface area contributed by atoms with Gasteiger partial charge in [-0.25, -0.2) is 0 Å². The highest BCUT2D eigenvalue weighted by Gasteiger charge is 2.24. The Bertz CT molecular complexity index is 89.9. The fourth-order valence-electron chi connectivity index (χ4n) is 0.381. The summed E-state index contributed by atoms with van der Waals surface area (Å²) < 4.78 is -0.215. The minimum absolute atomic E-state index is 0.215. The fraction of sp³-hybridized carbons (Fsp3) is 0.500. The van der Waals surface area contributed by atoms with Crippen molar-refractivity contribution >= 4 is 39.3 Å². The maximum Gasteiger partial charge on any atom is 0.151 e. The molecule has 1 atom stereocenters. The summed E-state index contributed by atoms with van der Waals surface area (Å²) in [5.41, 5.74) is 0. The molecule has 7 heavy (non-hydrogen) atoms. The van der Waals surface area contributed by atoms with Crippen molar-refractivity contribution in [1.29, 1.82) is 0 Å². The zero-order valence-corrected chi connectivity index (χ0v) is 6.68. The van der Waals surface area contributed by atoms with Gasteiger partial charge in [0.25, 0.3) is 0 Å². The molecular weight excluding hydrogens is 195 g/mol. The van der Waals surface area contributed by atoms with Crippen LogP contribution in [0.3, 0.4) is 0 Å². The molecule has 0 aromatic rings. The third kappa shape index (κ3) is 1.67. The van der Waals surface area contributed by atoms with E-state index in [1.165, 1.54) is 0 Å². The molecule has 0 fully saturated rings. The van der Waals surface area contributed by atoms with Gasteiger partial charge in [-0.1, -0.05) is 45.4 Å². The van der Waals surface area contributed by atoms with E-state index in [0.717, 1.165) is 6.42 Å². The molecule has 1 unspecified atom stereocenters. The van der Waals surface area contributed by atoms with Gasteiger partial charge in [0, 0.05) is 6.42 Å². The smallest absolute Gasteiger partial charge is 0.0996 e. The lowest BCUT2D eigenvalue weighted by Gasteiger charge is -2.06. The number of rotatable bonds is 0. The maximum absolute atomic E-state index is 5.78. The van der Waals surface area contributed by atoms with Crippen molar-refractivity contribution in [1.82, 2.24) is 0 Å². The van der Waals surface area contributed by atoms with Crippen LogP contribution in [0.2, 0.25) is 0 Å². The van der Waals surface area contributed by atoms with Gasteiger partial charge >= 0.3 is 0 Å². The standard InChI is InChI=1S/C4H4BrClS/c5-4(6)2-1-3-7-4/h1,3H,2H2. The number of hydrogen-bond acceptors (Lipinski definition) is 1. The van der Waals surface area contributed by atoms with Gasteiger partial charge in [0.2, 0.25) is 0 Å². The van der Waals surface area contributed by atoms with Crippen molar-refractivity contribution in [2.24, 2.45) is 0 Å². The van der Waals surface area contributed by atoms with E-state index >= 15 is 0 Å². The molecule has 0 N–H and O–H groups in total. The molecule has 1 rings (SSSR count). The number of thioether (sulfide) groups is 1. The molecule has 1 aliphatic rings. The summed E-state index contributed by atoms with van der Waals surface area (Å²) in [6.07, 6.45) is 2.96. The van der Waals surface area contributed by atoms with Gasteiger partial charge in [0.15, 0.2) is 3.12 Å². The van der Waals surface area contributed by atoms with Gasteiger partial charge in [0.05, 0.1) is 0 Å². The summed E-state index contributed by atoms with van der Waals surface area (Å²) in [6.45, 7) is 0. The molecule has 3 heteroatoms. The third-order valence-electron chi connectivity index (χ3n) is 0.692.